The van der Waals surface area contributed by atoms with Gasteiger partial charge in [0.25, 0.3) is 0 Å². The normalized spacial score (nSPS) is 24.8. The molecule has 1 aromatic heterocycles. The molecule has 0 unspecified atom stereocenters. The number of carboxylic acid groups (broad SMARTS) is 1. The summed E-state index contributed by atoms with van der Waals surface area (Å²) in [7, 11) is -3.13. The molecule has 0 aromatic carbocycles. The van der Waals surface area contributed by atoms with Crippen LogP contribution in [0.5, 0.6) is 0 Å². The van der Waals surface area contributed by atoms with Gasteiger partial charge >= 0.3 is 12.1 Å². The molecule has 2 atom stereocenters. The molecule has 0 aliphatic carbocycles. The molecule has 0 bridgehead atoms. The summed E-state index contributed by atoms with van der Waals surface area (Å²) in [6.45, 7) is 6.16. The fourth-order valence-corrected chi connectivity index (χ4v) is 5.07. The Kier molecular flexibility index (Phi) is 8.24. The third-order valence-electron chi connectivity index (χ3n) is 5.10. The highest BCUT2D eigenvalue weighted by Crippen LogP contribution is 2.43. The summed E-state index contributed by atoms with van der Waals surface area (Å²) in [6.07, 6.45) is -0.749. The van der Waals surface area contributed by atoms with Crippen LogP contribution < -0.4 is 4.72 Å². The predicted octanol–water partition coefficient (Wildman–Crippen LogP) is 2.01. The average Bonchev–Trinajstić information content (AvgIpc) is 3.19. The number of aliphatic carboxylic acids is 1. The van der Waals surface area contributed by atoms with Gasteiger partial charge in [-0.15, -0.1) is 11.3 Å². The molecular formula is C17H26F3N3O5S2. The van der Waals surface area contributed by atoms with Crippen molar-refractivity contribution >= 4 is 27.3 Å². The first-order chi connectivity index (χ1) is 13.8. The smallest absolute Gasteiger partial charge is 0.475 e. The summed E-state index contributed by atoms with van der Waals surface area (Å²) < 4.78 is 62.9. The van der Waals surface area contributed by atoms with Crippen molar-refractivity contribution in [3.8, 4) is 0 Å². The van der Waals surface area contributed by atoms with Crippen molar-refractivity contribution < 1.29 is 36.2 Å². The zero-order valence-corrected chi connectivity index (χ0v) is 18.4. The van der Waals surface area contributed by atoms with Crippen LogP contribution in [-0.4, -0.2) is 74.2 Å². The van der Waals surface area contributed by atoms with Gasteiger partial charge in [0.15, 0.2) is 0 Å². The summed E-state index contributed by atoms with van der Waals surface area (Å²) >= 11 is 1.71. The number of sulfonamides is 1. The molecule has 2 aliphatic rings. The zero-order valence-electron chi connectivity index (χ0n) is 16.7. The van der Waals surface area contributed by atoms with Crippen LogP contribution in [0.4, 0.5) is 13.2 Å². The highest BCUT2D eigenvalue weighted by Gasteiger charge is 2.47. The summed E-state index contributed by atoms with van der Waals surface area (Å²) in [4.78, 5) is 15.9. The Labute approximate surface area is 177 Å². The molecule has 13 heteroatoms. The van der Waals surface area contributed by atoms with Crippen LogP contribution in [0.3, 0.4) is 0 Å². The van der Waals surface area contributed by atoms with E-state index < -0.39 is 22.2 Å². The lowest BCUT2D eigenvalue weighted by Gasteiger charge is -2.43. The number of hydrogen-bond acceptors (Lipinski definition) is 7. The number of carbonyl (C=O) groups is 1. The Bertz CT molecular complexity index is 831. The monoisotopic (exact) mass is 473 g/mol. The Morgan fingerprint density at radius 1 is 1.50 bits per heavy atom. The fraction of sp³-hybridized carbons (Fsp3) is 0.765. The molecule has 2 aliphatic heterocycles. The second kappa shape index (κ2) is 9.90. The SMILES string of the molecule is Cc1csc(CN2CC[C@H]3OCC[C@@]3(CCNS(C)(=O)=O)C2)n1.O=C(O)C(F)(F)F. The molecule has 172 valence electrons. The summed E-state index contributed by atoms with van der Waals surface area (Å²) in [5.41, 5.74) is 1.15. The van der Waals surface area contributed by atoms with E-state index in [-0.39, 0.29) is 11.5 Å². The predicted molar refractivity (Wildman–Crippen MR) is 105 cm³/mol. The van der Waals surface area contributed by atoms with E-state index in [4.69, 9.17) is 14.6 Å². The van der Waals surface area contributed by atoms with E-state index in [1.807, 2.05) is 6.92 Å². The number of thiazole rings is 1. The molecule has 0 radical (unpaired) electrons. The van der Waals surface area contributed by atoms with Crippen LogP contribution in [0, 0.1) is 12.3 Å². The van der Waals surface area contributed by atoms with Crippen LogP contribution in [0.15, 0.2) is 5.38 Å². The summed E-state index contributed by atoms with van der Waals surface area (Å²) in [5.74, 6) is -2.76. The second-order valence-corrected chi connectivity index (χ2v) is 10.3. The van der Waals surface area contributed by atoms with Gasteiger partial charge in [0.2, 0.25) is 10.0 Å². The molecule has 8 nitrogen and oxygen atoms in total. The van der Waals surface area contributed by atoms with E-state index in [0.717, 1.165) is 56.2 Å². The first kappa shape index (κ1) is 25.0. The van der Waals surface area contributed by atoms with Gasteiger partial charge in [0.1, 0.15) is 5.01 Å². The van der Waals surface area contributed by atoms with Crippen molar-refractivity contribution in [3.05, 3.63) is 16.1 Å². The number of alkyl halides is 3. The Hall–Kier alpha value is -1.28. The van der Waals surface area contributed by atoms with Gasteiger partial charge in [-0.3, -0.25) is 4.90 Å². The van der Waals surface area contributed by atoms with Crippen molar-refractivity contribution in [2.24, 2.45) is 5.41 Å². The van der Waals surface area contributed by atoms with E-state index in [1.54, 1.807) is 11.3 Å². The number of aromatic nitrogens is 1. The number of hydrogen-bond donors (Lipinski definition) is 2. The number of piperidine rings is 1. The topological polar surface area (TPSA) is 109 Å². The van der Waals surface area contributed by atoms with Gasteiger partial charge in [0, 0.05) is 42.7 Å². The summed E-state index contributed by atoms with van der Waals surface area (Å²) in [5, 5.41) is 10.4. The van der Waals surface area contributed by atoms with E-state index >= 15 is 0 Å². The van der Waals surface area contributed by atoms with Crippen LogP contribution >= 0.6 is 11.3 Å². The van der Waals surface area contributed by atoms with Crippen molar-refractivity contribution in [2.75, 3.05) is 32.5 Å². The van der Waals surface area contributed by atoms with Gasteiger partial charge in [0.05, 0.1) is 18.9 Å². The lowest BCUT2D eigenvalue weighted by Crippen LogP contribution is -2.50. The molecule has 0 amide bonds. The number of halogens is 3. The minimum absolute atomic E-state index is 0.0717. The van der Waals surface area contributed by atoms with Crippen molar-refractivity contribution in [1.29, 1.82) is 0 Å². The van der Waals surface area contributed by atoms with Crippen LogP contribution in [-0.2, 0) is 26.1 Å². The number of fused-ring (bicyclic) bond motifs is 1. The fourth-order valence-electron chi connectivity index (χ4n) is 3.79. The number of nitrogens with zero attached hydrogens (tertiary/aromatic N) is 2. The van der Waals surface area contributed by atoms with Crippen LogP contribution in [0.2, 0.25) is 0 Å². The third kappa shape index (κ3) is 7.45. The van der Waals surface area contributed by atoms with Gasteiger partial charge in [-0.05, 0) is 26.2 Å². The molecule has 2 fully saturated rings. The van der Waals surface area contributed by atoms with Crippen LogP contribution in [0.1, 0.15) is 30.0 Å². The molecule has 2 N–H and O–H groups in total. The molecule has 0 saturated carbocycles. The summed E-state index contributed by atoms with van der Waals surface area (Å²) in [6, 6.07) is 0. The lowest BCUT2D eigenvalue weighted by atomic mass is 9.74. The minimum atomic E-state index is -5.08. The molecular weight excluding hydrogens is 447 g/mol. The Morgan fingerprint density at radius 3 is 2.70 bits per heavy atom. The van der Waals surface area contributed by atoms with E-state index in [9.17, 15) is 21.6 Å². The standard InChI is InChI=1S/C15H25N3O3S2.C2HF3O2/c1-12-10-22-14(17-12)9-18-7-3-13-15(11-18,5-8-21-13)4-6-16-23(2,19)20;3-2(4,5)1(6)7/h10,13,16H,3-9,11H2,1-2H3;(H,6,7)/t13-,15+;/m1./s1. The maximum atomic E-state index is 11.3. The highest BCUT2D eigenvalue weighted by atomic mass is 32.2. The molecule has 2 saturated heterocycles. The van der Waals surface area contributed by atoms with Gasteiger partial charge in [-0.2, -0.15) is 13.2 Å². The number of nitrogens with one attached hydrogen (secondary N) is 1. The number of ether oxygens (including phenoxy) is 1. The van der Waals surface area contributed by atoms with Gasteiger partial charge in [-0.1, -0.05) is 0 Å². The van der Waals surface area contributed by atoms with Crippen molar-refractivity contribution in [1.82, 2.24) is 14.6 Å². The molecule has 3 heterocycles. The number of likely N-dealkylation sites (tertiary alicyclic amines) is 1. The molecule has 1 aromatic rings. The minimum Gasteiger partial charge on any atom is -0.475 e. The third-order valence-corrected chi connectivity index (χ3v) is 6.78. The molecule has 3 rings (SSSR count). The Balaban J connectivity index is 0.000000396. The molecule has 0 spiro atoms. The number of carboxylic acids is 1. The van der Waals surface area contributed by atoms with Gasteiger partial charge < -0.3 is 9.84 Å². The van der Waals surface area contributed by atoms with Gasteiger partial charge in [-0.25, -0.2) is 22.9 Å². The number of rotatable bonds is 6. The quantitative estimate of drug-likeness (QED) is 0.651. The highest BCUT2D eigenvalue weighted by molar-refractivity contribution is 7.88. The zero-order chi connectivity index (χ0) is 22.6. The maximum Gasteiger partial charge on any atom is 0.490 e. The van der Waals surface area contributed by atoms with E-state index in [0.29, 0.717) is 6.54 Å². The lowest BCUT2D eigenvalue weighted by molar-refractivity contribution is -0.192. The number of aryl methyl sites for hydroxylation is 1. The largest absolute Gasteiger partial charge is 0.490 e. The van der Waals surface area contributed by atoms with Crippen molar-refractivity contribution in [2.45, 2.75) is 45.0 Å². The van der Waals surface area contributed by atoms with Crippen molar-refractivity contribution in [3.63, 3.8) is 0 Å². The first-order valence-electron chi connectivity index (χ1n) is 9.30. The van der Waals surface area contributed by atoms with E-state index in [1.165, 1.54) is 6.26 Å². The molecule has 30 heavy (non-hydrogen) atoms. The average molecular weight is 474 g/mol. The Morgan fingerprint density at radius 2 is 2.17 bits per heavy atom. The second-order valence-electron chi connectivity index (χ2n) is 7.57. The van der Waals surface area contributed by atoms with Crippen LogP contribution in [0.25, 0.3) is 0 Å². The van der Waals surface area contributed by atoms with E-state index in [2.05, 4.69) is 20.0 Å². The first-order valence-corrected chi connectivity index (χ1v) is 12.1. The maximum absolute atomic E-state index is 11.3.